The zero-order valence-corrected chi connectivity index (χ0v) is 6.02. The highest BCUT2D eigenvalue weighted by atomic mass is 32.2. The van der Waals surface area contributed by atoms with Crippen molar-refractivity contribution in [1.82, 2.24) is 0 Å². The minimum Gasteiger partial charge on any atom is -0.480 e. The first-order valence-corrected chi connectivity index (χ1v) is 3.87. The molecular weight excluding hydrogens is 140 g/mol. The van der Waals surface area contributed by atoms with E-state index in [0.29, 0.717) is 6.42 Å². The molecule has 0 saturated heterocycles. The monoisotopic (exact) mass is 150 g/mol. The molecular formula is C5H10O3S. The summed E-state index contributed by atoms with van der Waals surface area (Å²) in [5.41, 5.74) is 0. The molecule has 0 aliphatic rings. The molecule has 0 aromatic carbocycles. The van der Waals surface area contributed by atoms with Gasteiger partial charge in [-0.15, -0.1) is 0 Å². The van der Waals surface area contributed by atoms with E-state index in [1.54, 1.807) is 6.26 Å². The molecule has 0 aromatic heterocycles. The summed E-state index contributed by atoms with van der Waals surface area (Å²) in [6.45, 7) is -0.0577. The Balaban J connectivity index is 3.54. The van der Waals surface area contributed by atoms with Gasteiger partial charge in [-0.05, 0) is 12.7 Å². The Bertz CT molecular complexity index is 94.2. The molecule has 0 amide bonds. The summed E-state index contributed by atoms with van der Waals surface area (Å²) in [4.78, 5) is 10.2. The van der Waals surface area contributed by atoms with Crippen molar-refractivity contribution in [3.63, 3.8) is 0 Å². The Morgan fingerprint density at radius 3 is 2.44 bits per heavy atom. The van der Waals surface area contributed by atoms with Gasteiger partial charge in [0.25, 0.3) is 0 Å². The van der Waals surface area contributed by atoms with Crippen LogP contribution in [0.1, 0.15) is 6.42 Å². The van der Waals surface area contributed by atoms with Crippen molar-refractivity contribution in [3.05, 3.63) is 0 Å². The van der Waals surface area contributed by atoms with Gasteiger partial charge >= 0.3 is 5.97 Å². The second-order valence-electron chi connectivity index (χ2n) is 1.57. The lowest BCUT2D eigenvalue weighted by Gasteiger charge is -2.04. The molecule has 0 rings (SSSR count). The highest BCUT2D eigenvalue weighted by molar-refractivity contribution is 7.99. The SMILES string of the molecule is CSC(CCO)C(=O)O. The predicted molar refractivity (Wildman–Crippen MR) is 36.6 cm³/mol. The van der Waals surface area contributed by atoms with Crippen LogP contribution in [0.3, 0.4) is 0 Å². The summed E-state index contributed by atoms with van der Waals surface area (Å²) in [6, 6.07) is 0. The van der Waals surface area contributed by atoms with Crippen LogP contribution in [0.25, 0.3) is 0 Å². The average Bonchev–Trinajstić information content (AvgIpc) is 1.82. The summed E-state index contributed by atoms with van der Waals surface area (Å²) in [5.74, 6) is -0.850. The van der Waals surface area contributed by atoms with Crippen LogP contribution in [0.2, 0.25) is 0 Å². The van der Waals surface area contributed by atoms with Crippen molar-refractivity contribution in [3.8, 4) is 0 Å². The van der Waals surface area contributed by atoms with E-state index in [2.05, 4.69) is 0 Å². The molecule has 2 N–H and O–H groups in total. The number of aliphatic hydroxyl groups excluding tert-OH is 1. The van der Waals surface area contributed by atoms with Crippen molar-refractivity contribution in [2.75, 3.05) is 12.9 Å². The third-order valence-corrected chi connectivity index (χ3v) is 1.96. The standard InChI is InChI=1S/C5H10O3S/c1-9-4(2-3-6)5(7)8/h4,6H,2-3H2,1H3,(H,7,8). The van der Waals surface area contributed by atoms with Gasteiger partial charge in [0.05, 0.1) is 0 Å². The molecule has 0 heterocycles. The minimum atomic E-state index is -0.850. The van der Waals surface area contributed by atoms with Crippen LogP contribution in [-0.2, 0) is 4.79 Å². The average molecular weight is 150 g/mol. The summed E-state index contributed by atoms with van der Waals surface area (Å²) in [5, 5.41) is 16.3. The van der Waals surface area contributed by atoms with E-state index < -0.39 is 11.2 Å². The fourth-order valence-electron chi connectivity index (χ4n) is 0.459. The first-order chi connectivity index (χ1) is 4.22. The molecule has 0 aliphatic carbocycles. The maximum Gasteiger partial charge on any atom is 0.316 e. The lowest BCUT2D eigenvalue weighted by molar-refractivity contribution is -0.136. The molecule has 9 heavy (non-hydrogen) atoms. The van der Waals surface area contributed by atoms with Crippen molar-refractivity contribution >= 4 is 17.7 Å². The Kier molecular flexibility index (Phi) is 4.53. The number of hydrogen-bond donors (Lipinski definition) is 2. The fraction of sp³-hybridized carbons (Fsp3) is 0.800. The van der Waals surface area contributed by atoms with Crippen molar-refractivity contribution in [1.29, 1.82) is 0 Å². The molecule has 3 nitrogen and oxygen atoms in total. The molecule has 0 bridgehead atoms. The van der Waals surface area contributed by atoms with Gasteiger partial charge in [0.15, 0.2) is 0 Å². The molecule has 1 unspecified atom stereocenters. The third-order valence-electron chi connectivity index (χ3n) is 0.951. The molecule has 1 atom stereocenters. The van der Waals surface area contributed by atoms with Crippen molar-refractivity contribution in [2.45, 2.75) is 11.7 Å². The number of carbonyl (C=O) groups is 1. The van der Waals surface area contributed by atoms with Gasteiger partial charge in [-0.3, -0.25) is 4.79 Å². The van der Waals surface area contributed by atoms with E-state index in [1.807, 2.05) is 0 Å². The number of carboxylic acids is 1. The zero-order valence-electron chi connectivity index (χ0n) is 5.20. The summed E-state index contributed by atoms with van der Waals surface area (Å²) in [6.07, 6.45) is 2.05. The van der Waals surface area contributed by atoms with Gasteiger partial charge in [0.1, 0.15) is 5.25 Å². The molecule has 4 heteroatoms. The summed E-state index contributed by atoms with van der Waals surface area (Å²) in [7, 11) is 0. The first-order valence-electron chi connectivity index (χ1n) is 2.58. The molecule has 54 valence electrons. The van der Waals surface area contributed by atoms with E-state index in [9.17, 15) is 4.79 Å². The van der Waals surface area contributed by atoms with Crippen LogP contribution in [0.15, 0.2) is 0 Å². The second kappa shape index (κ2) is 4.64. The van der Waals surface area contributed by atoms with Gasteiger partial charge in [-0.1, -0.05) is 0 Å². The van der Waals surface area contributed by atoms with Gasteiger partial charge in [-0.25, -0.2) is 0 Å². The van der Waals surface area contributed by atoms with Crippen molar-refractivity contribution < 1.29 is 15.0 Å². The number of aliphatic hydroxyl groups is 1. The lowest BCUT2D eigenvalue weighted by Crippen LogP contribution is -2.16. The molecule has 0 aliphatic heterocycles. The Morgan fingerprint density at radius 1 is 1.78 bits per heavy atom. The number of hydrogen-bond acceptors (Lipinski definition) is 3. The Morgan fingerprint density at radius 2 is 2.33 bits per heavy atom. The molecule has 0 aromatic rings. The van der Waals surface area contributed by atoms with E-state index in [-0.39, 0.29) is 6.61 Å². The van der Waals surface area contributed by atoms with Crippen LogP contribution in [0.5, 0.6) is 0 Å². The Labute approximate surface area is 58.1 Å². The maximum absolute atomic E-state index is 10.2. The zero-order chi connectivity index (χ0) is 7.28. The van der Waals surface area contributed by atoms with E-state index in [1.165, 1.54) is 11.8 Å². The van der Waals surface area contributed by atoms with Crippen LogP contribution in [0.4, 0.5) is 0 Å². The molecule has 0 saturated carbocycles. The van der Waals surface area contributed by atoms with Gasteiger partial charge in [0.2, 0.25) is 0 Å². The van der Waals surface area contributed by atoms with Gasteiger partial charge < -0.3 is 10.2 Å². The molecule has 0 fully saturated rings. The quantitative estimate of drug-likeness (QED) is 0.600. The fourth-order valence-corrected chi connectivity index (χ4v) is 1.00. The topological polar surface area (TPSA) is 57.5 Å². The van der Waals surface area contributed by atoms with Crippen molar-refractivity contribution in [2.24, 2.45) is 0 Å². The van der Waals surface area contributed by atoms with Crippen LogP contribution in [-0.4, -0.2) is 34.3 Å². The summed E-state index contributed by atoms with van der Waals surface area (Å²) >= 11 is 1.24. The third kappa shape index (κ3) is 3.37. The number of thioether (sulfide) groups is 1. The smallest absolute Gasteiger partial charge is 0.316 e. The number of carboxylic acid groups (broad SMARTS) is 1. The predicted octanol–water partition coefficient (Wildman–Crippen LogP) is 0.185. The Hall–Kier alpha value is -0.220. The normalized spacial score (nSPS) is 13.1. The number of rotatable bonds is 4. The first kappa shape index (κ1) is 8.78. The minimum absolute atomic E-state index is 0.0577. The van der Waals surface area contributed by atoms with Gasteiger partial charge in [-0.2, -0.15) is 11.8 Å². The highest BCUT2D eigenvalue weighted by Crippen LogP contribution is 2.09. The maximum atomic E-state index is 10.2. The van der Waals surface area contributed by atoms with Crippen LogP contribution >= 0.6 is 11.8 Å². The molecule has 0 spiro atoms. The largest absolute Gasteiger partial charge is 0.480 e. The van der Waals surface area contributed by atoms with Gasteiger partial charge in [0, 0.05) is 6.61 Å². The second-order valence-corrected chi connectivity index (χ2v) is 2.62. The highest BCUT2D eigenvalue weighted by Gasteiger charge is 2.13. The number of aliphatic carboxylic acids is 1. The van der Waals surface area contributed by atoms with Crippen LogP contribution in [0, 0.1) is 0 Å². The van der Waals surface area contributed by atoms with E-state index >= 15 is 0 Å². The van der Waals surface area contributed by atoms with E-state index in [4.69, 9.17) is 10.2 Å². The summed E-state index contributed by atoms with van der Waals surface area (Å²) < 4.78 is 0. The van der Waals surface area contributed by atoms with Crippen LogP contribution < -0.4 is 0 Å². The molecule has 0 radical (unpaired) electrons. The van der Waals surface area contributed by atoms with E-state index in [0.717, 1.165) is 0 Å². The lowest BCUT2D eigenvalue weighted by atomic mass is 10.3.